The predicted molar refractivity (Wildman–Crippen MR) is 50.0 cm³/mol. The number of hydrogen-bond donors (Lipinski definition) is 2. The summed E-state index contributed by atoms with van der Waals surface area (Å²) >= 11 is 0. The Morgan fingerprint density at radius 1 is 1.53 bits per heavy atom. The Hall–Kier alpha value is -0.860. The number of carbonyl (C=O) groups is 1. The van der Waals surface area contributed by atoms with Crippen LogP contribution in [0.1, 0.15) is 13.3 Å². The van der Waals surface area contributed by atoms with E-state index in [1.54, 1.807) is 5.32 Å². The number of nitrogens with one attached hydrogen (secondary N) is 1. The van der Waals surface area contributed by atoms with E-state index in [4.69, 9.17) is 9.47 Å². The molecule has 1 heterocycles. The van der Waals surface area contributed by atoms with Crippen molar-refractivity contribution in [2.75, 3.05) is 7.11 Å². The molecule has 1 saturated heterocycles. The minimum Gasteiger partial charge on any atom is -0.388 e. The number of aliphatic hydroxyl groups is 1. The van der Waals surface area contributed by atoms with Crippen molar-refractivity contribution in [3.8, 4) is 0 Å². The van der Waals surface area contributed by atoms with Gasteiger partial charge in [-0.15, -0.1) is 0 Å². The van der Waals surface area contributed by atoms with E-state index >= 15 is 0 Å². The monoisotopic (exact) mass is 257 g/mol. The molecule has 0 aromatic heterocycles. The average molecular weight is 257 g/mol. The molecule has 0 unspecified atom stereocenters. The van der Waals surface area contributed by atoms with Crippen LogP contribution < -0.4 is 5.32 Å². The molecule has 0 spiro atoms. The van der Waals surface area contributed by atoms with E-state index in [1.165, 1.54) is 14.0 Å². The molecule has 4 atom stereocenters. The van der Waals surface area contributed by atoms with E-state index < -0.39 is 36.6 Å². The van der Waals surface area contributed by atoms with Gasteiger partial charge in [-0.3, -0.25) is 4.79 Å². The summed E-state index contributed by atoms with van der Waals surface area (Å²) in [6.07, 6.45) is -7.67. The maximum Gasteiger partial charge on any atom is 0.471 e. The zero-order valence-corrected chi connectivity index (χ0v) is 9.32. The Balaban J connectivity index is 2.65. The van der Waals surface area contributed by atoms with E-state index in [0.29, 0.717) is 0 Å². The van der Waals surface area contributed by atoms with Crippen molar-refractivity contribution in [2.45, 2.75) is 44.1 Å². The minimum absolute atomic E-state index is 0.0379. The molecule has 2 N–H and O–H groups in total. The molecule has 1 fully saturated rings. The number of aliphatic hydroxyl groups excluding tert-OH is 1. The standard InChI is InChI=1S/C9H14F3NO4/c1-4-7(14)5(3-6(16-2)17-4)13-8(15)9(10,11)12/h4-7,14H,3H2,1-2H3,(H,13,15)/t4-,5-,6+,7-/m1/s1. The molecule has 0 bridgehead atoms. The van der Waals surface area contributed by atoms with Crippen LogP contribution in [0, 0.1) is 0 Å². The zero-order valence-electron chi connectivity index (χ0n) is 9.32. The first-order valence-corrected chi connectivity index (χ1v) is 4.99. The molecule has 0 aromatic carbocycles. The zero-order chi connectivity index (χ0) is 13.2. The van der Waals surface area contributed by atoms with Gasteiger partial charge in [-0.1, -0.05) is 0 Å². The van der Waals surface area contributed by atoms with Gasteiger partial charge in [-0.25, -0.2) is 0 Å². The van der Waals surface area contributed by atoms with Gasteiger partial charge in [0.1, 0.15) is 6.10 Å². The number of methoxy groups -OCH3 is 1. The summed E-state index contributed by atoms with van der Waals surface area (Å²) in [5, 5.41) is 11.3. The highest BCUT2D eigenvalue weighted by Crippen LogP contribution is 2.22. The summed E-state index contributed by atoms with van der Waals surface area (Å²) in [7, 11) is 1.33. The fourth-order valence-electron chi connectivity index (χ4n) is 1.60. The molecular weight excluding hydrogens is 243 g/mol. The molecule has 5 nitrogen and oxygen atoms in total. The number of amides is 1. The maximum absolute atomic E-state index is 12.1. The third kappa shape index (κ3) is 3.55. The van der Waals surface area contributed by atoms with Crippen LogP contribution >= 0.6 is 0 Å². The van der Waals surface area contributed by atoms with Gasteiger partial charge in [-0.05, 0) is 6.92 Å². The van der Waals surface area contributed by atoms with Crippen LogP contribution in [0.3, 0.4) is 0 Å². The van der Waals surface area contributed by atoms with Gasteiger partial charge in [0.25, 0.3) is 0 Å². The van der Waals surface area contributed by atoms with E-state index in [0.717, 1.165) is 0 Å². The number of hydrogen-bond acceptors (Lipinski definition) is 4. The predicted octanol–water partition coefficient (Wildman–Crippen LogP) is 0.176. The van der Waals surface area contributed by atoms with E-state index in [1.807, 2.05) is 0 Å². The summed E-state index contributed by atoms with van der Waals surface area (Å²) in [5.41, 5.74) is 0. The van der Waals surface area contributed by atoms with E-state index in [9.17, 15) is 23.1 Å². The summed E-state index contributed by atoms with van der Waals surface area (Å²) in [5.74, 6) is -2.08. The molecule has 0 saturated carbocycles. The third-order valence-electron chi connectivity index (χ3n) is 2.54. The highest BCUT2D eigenvalue weighted by Gasteiger charge is 2.43. The molecule has 0 aliphatic carbocycles. The molecule has 100 valence electrons. The molecule has 1 amide bonds. The first-order valence-electron chi connectivity index (χ1n) is 4.99. The molecule has 1 aliphatic heterocycles. The van der Waals surface area contributed by atoms with Gasteiger partial charge in [0.2, 0.25) is 0 Å². The van der Waals surface area contributed by atoms with E-state index in [-0.39, 0.29) is 6.42 Å². The normalized spacial score (nSPS) is 34.5. The van der Waals surface area contributed by atoms with Crippen LogP contribution in [0.2, 0.25) is 0 Å². The van der Waals surface area contributed by atoms with Crippen molar-refractivity contribution >= 4 is 5.91 Å². The second-order valence-corrected chi connectivity index (χ2v) is 3.81. The molecule has 0 radical (unpaired) electrons. The van der Waals surface area contributed by atoms with Crippen molar-refractivity contribution in [1.82, 2.24) is 5.32 Å². The number of halogens is 3. The molecule has 17 heavy (non-hydrogen) atoms. The van der Waals surface area contributed by atoms with Gasteiger partial charge in [0, 0.05) is 13.5 Å². The van der Waals surface area contributed by atoms with Crippen LogP contribution in [0.15, 0.2) is 0 Å². The number of ether oxygens (including phenoxy) is 2. The number of alkyl halides is 3. The second-order valence-electron chi connectivity index (χ2n) is 3.81. The summed E-state index contributed by atoms with van der Waals surface area (Å²) in [4.78, 5) is 10.8. The van der Waals surface area contributed by atoms with Crippen LogP contribution in [0.5, 0.6) is 0 Å². The van der Waals surface area contributed by atoms with Crippen molar-refractivity contribution in [3.63, 3.8) is 0 Å². The lowest BCUT2D eigenvalue weighted by molar-refractivity contribution is -0.218. The summed E-state index contributed by atoms with van der Waals surface area (Å²) in [6, 6.07) is -1.04. The summed E-state index contributed by atoms with van der Waals surface area (Å²) < 4.78 is 46.1. The van der Waals surface area contributed by atoms with Crippen LogP contribution in [0.4, 0.5) is 13.2 Å². The molecule has 8 heteroatoms. The largest absolute Gasteiger partial charge is 0.471 e. The van der Waals surface area contributed by atoms with Crippen LogP contribution in [-0.4, -0.2) is 48.8 Å². The van der Waals surface area contributed by atoms with Gasteiger partial charge in [-0.2, -0.15) is 13.2 Å². The number of rotatable bonds is 2. The van der Waals surface area contributed by atoms with E-state index in [2.05, 4.69) is 0 Å². The highest BCUT2D eigenvalue weighted by molar-refractivity contribution is 5.82. The van der Waals surface area contributed by atoms with Crippen LogP contribution in [-0.2, 0) is 14.3 Å². The lowest BCUT2D eigenvalue weighted by atomic mass is 9.99. The maximum atomic E-state index is 12.1. The highest BCUT2D eigenvalue weighted by atomic mass is 19.4. The Kier molecular flexibility index (Phi) is 4.34. The van der Waals surface area contributed by atoms with Crippen LogP contribution in [0.25, 0.3) is 0 Å². The SMILES string of the molecule is CO[C@@H]1C[C@@H](NC(=O)C(F)(F)F)[C@H](O)[C@@H](C)O1. The smallest absolute Gasteiger partial charge is 0.388 e. The fraction of sp³-hybridized carbons (Fsp3) is 0.889. The Bertz CT molecular complexity index is 284. The topological polar surface area (TPSA) is 67.8 Å². The first kappa shape index (κ1) is 14.2. The molecule has 1 aliphatic rings. The second kappa shape index (κ2) is 5.19. The lowest BCUT2D eigenvalue weighted by Crippen LogP contribution is -2.57. The Labute approximate surface area is 95.9 Å². The quantitative estimate of drug-likeness (QED) is 0.740. The molecule has 1 rings (SSSR count). The minimum atomic E-state index is -4.97. The first-order chi connectivity index (χ1) is 7.75. The summed E-state index contributed by atoms with van der Waals surface area (Å²) in [6.45, 7) is 1.49. The van der Waals surface area contributed by atoms with Crippen molar-refractivity contribution < 1.29 is 32.5 Å². The average Bonchev–Trinajstić information content (AvgIpc) is 2.22. The van der Waals surface area contributed by atoms with Gasteiger partial charge < -0.3 is 19.9 Å². The molecular formula is C9H14F3NO4. The van der Waals surface area contributed by atoms with Crippen molar-refractivity contribution in [3.05, 3.63) is 0 Å². The third-order valence-corrected chi connectivity index (χ3v) is 2.54. The molecule has 0 aromatic rings. The van der Waals surface area contributed by atoms with Gasteiger partial charge in [0.15, 0.2) is 6.29 Å². The van der Waals surface area contributed by atoms with Gasteiger partial charge >= 0.3 is 12.1 Å². The van der Waals surface area contributed by atoms with Crippen molar-refractivity contribution in [2.24, 2.45) is 0 Å². The Morgan fingerprint density at radius 2 is 2.12 bits per heavy atom. The van der Waals surface area contributed by atoms with Gasteiger partial charge in [0.05, 0.1) is 12.1 Å². The fourth-order valence-corrected chi connectivity index (χ4v) is 1.60. The van der Waals surface area contributed by atoms with Crippen molar-refractivity contribution in [1.29, 1.82) is 0 Å². The number of carbonyl (C=O) groups excluding carboxylic acids is 1. The Morgan fingerprint density at radius 3 is 2.59 bits per heavy atom. The lowest BCUT2D eigenvalue weighted by Gasteiger charge is -2.37.